The first-order valence-electron chi connectivity index (χ1n) is 9.49. The maximum absolute atomic E-state index is 12.3. The molecule has 0 bridgehead atoms. The van der Waals surface area contributed by atoms with Gasteiger partial charge in [0, 0.05) is 0 Å². The van der Waals surface area contributed by atoms with E-state index in [1.807, 2.05) is 0 Å². The van der Waals surface area contributed by atoms with Crippen molar-refractivity contribution in [1.82, 2.24) is 4.98 Å². The molecule has 3 nitrogen and oxygen atoms in total. The minimum Gasteiger partial charge on any atom is -0.425 e. The van der Waals surface area contributed by atoms with Crippen LogP contribution < -0.4 is 4.74 Å². The molecule has 0 aliphatic heterocycles. The summed E-state index contributed by atoms with van der Waals surface area (Å²) >= 11 is 5.75. The van der Waals surface area contributed by atoms with Crippen LogP contribution in [0.5, 0.6) is 5.75 Å². The first-order chi connectivity index (χ1) is 11.7. The molecule has 0 amide bonds. The second kappa shape index (κ2) is 8.33. The van der Waals surface area contributed by atoms with E-state index in [1.54, 1.807) is 12.1 Å². The van der Waals surface area contributed by atoms with Crippen LogP contribution >= 0.6 is 11.6 Å². The molecule has 0 radical (unpaired) electrons. The third-order valence-electron chi connectivity index (χ3n) is 6.16. The van der Waals surface area contributed by atoms with Crippen LogP contribution in [-0.2, 0) is 4.79 Å². The summed E-state index contributed by atoms with van der Waals surface area (Å²) in [5, 5.41) is 0.410. The Morgan fingerprint density at radius 3 is 2.25 bits per heavy atom. The van der Waals surface area contributed by atoms with Crippen molar-refractivity contribution in [2.24, 2.45) is 23.7 Å². The summed E-state index contributed by atoms with van der Waals surface area (Å²) in [5.74, 6) is 3.11. The van der Waals surface area contributed by atoms with Crippen molar-refractivity contribution in [3.63, 3.8) is 0 Å². The number of ether oxygens (including phenoxy) is 1. The van der Waals surface area contributed by atoms with E-state index in [-0.39, 0.29) is 11.9 Å². The molecular formula is C20H28ClNO2. The molecule has 1 heterocycles. The Bertz CT molecular complexity index is 529. The molecule has 3 rings (SSSR count). The SMILES string of the molecule is CC[C@H]1CC[C@H]([C@H]2CC[C@H](C(=O)Oc3ccc(Cl)nc3)CC2)CC1. The number of carbonyl (C=O) groups excluding carboxylic acids is 1. The van der Waals surface area contributed by atoms with E-state index in [2.05, 4.69) is 11.9 Å². The molecule has 1 aromatic heterocycles. The number of pyridine rings is 1. The lowest BCUT2D eigenvalue weighted by molar-refractivity contribution is -0.140. The van der Waals surface area contributed by atoms with Crippen molar-refractivity contribution >= 4 is 17.6 Å². The highest BCUT2D eigenvalue weighted by Gasteiger charge is 2.33. The molecule has 0 atom stereocenters. The first-order valence-corrected chi connectivity index (χ1v) is 9.86. The highest BCUT2D eigenvalue weighted by atomic mass is 35.5. The monoisotopic (exact) mass is 349 g/mol. The Kier molecular flexibility index (Phi) is 6.15. The molecule has 2 aliphatic rings. The van der Waals surface area contributed by atoms with E-state index < -0.39 is 0 Å². The normalized spacial score (nSPS) is 30.8. The van der Waals surface area contributed by atoms with Crippen molar-refractivity contribution in [2.75, 3.05) is 0 Å². The Labute approximate surface area is 150 Å². The molecule has 24 heavy (non-hydrogen) atoms. The largest absolute Gasteiger partial charge is 0.425 e. The van der Waals surface area contributed by atoms with Crippen molar-refractivity contribution in [3.8, 4) is 5.75 Å². The first kappa shape index (κ1) is 17.7. The second-order valence-electron chi connectivity index (χ2n) is 7.54. The highest BCUT2D eigenvalue weighted by molar-refractivity contribution is 6.29. The molecule has 0 unspecified atom stereocenters. The fourth-order valence-corrected chi connectivity index (χ4v) is 4.63. The van der Waals surface area contributed by atoms with E-state index in [4.69, 9.17) is 16.3 Å². The summed E-state index contributed by atoms with van der Waals surface area (Å²) < 4.78 is 5.46. The van der Waals surface area contributed by atoms with Crippen LogP contribution in [0.1, 0.15) is 64.7 Å². The van der Waals surface area contributed by atoms with E-state index >= 15 is 0 Å². The number of aromatic nitrogens is 1. The predicted molar refractivity (Wildman–Crippen MR) is 96.1 cm³/mol. The predicted octanol–water partition coefficient (Wildman–Crippen LogP) is 5.66. The van der Waals surface area contributed by atoms with Gasteiger partial charge in [-0.25, -0.2) is 4.98 Å². The van der Waals surface area contributed by atoms with Gasteiger partial charge in [0.05, 0.1) is 12.1 Å². The molecule has 4 heteroatoms. The molecule has 0 saturated heterocycles. The fourth-order valence-electron chi connectivity index (χ4n) is 4.52. The average Bonchev–Trinajstić information content (AvgIpc) is 2.64. The Morgan fingerprint density at radius 2 is 1.71 bits per heavy atom. The van der Waals surface area contributed by atoms with Crippen LogP contribution in [0.4, 0.5) is 0 Å². The quantitative estimate of drug-likeness (QED) is 0.519. The number of hydrogen-bond donors (Lipinski definition) is 0. The van der Waals surface area contributed by atoms with E-state index in [0.29, 0.717) is 10.9 Å². The van der Waals surface area contributed by atoms with Crippen molar-refractivity contribution in [3.05, 3.63) is 23.5 Å². The minimum atomic E-state index is -0.104. The number of carbonyl (C=O) groups is 1. The van der Waals surface area contributed by atoms with Crippen LogP contribution in [0.15, 0.2) is 18.3 Å². The van der Waals surface area contributed by atoms with Gasteiger partial charge in [0.2, 0.25) is 0 Å². The number of hydrogen-bond acceptors (Lipinski definition) is 3. The zero-order chi connectivity index (χ0) is 16.9. The lowest BCUT2D eigenvalue weighted by atomic mass is 9.69. The molecule has 2 fully saturated rings. The van der Waals surface area contributed by atoms with Crippen molar-refractivity contribution < 1.29 is 9.53 Å². The number of nitrogens with zero attached hydrogens (tertiary/aromatic N) is 1. The Hall–Kier alpha value is -1.09. The fraction of sp³-hybridized carbons (Fsp3) is 0.700. The molecule has 0 N–H and O–H groups in total. The Balaban J connectivity index is 1.44. The van der Waals surface area contributed by atoms with Crippen LogP contribution in [0, 0.1) is 23.7 Å². The van der Waals surface area contributed by atoms with Crippen LogP contribution in [-0.4, -0.2) is 11.0 Å². The molecule has 2 aliphatic carbocycles. The molecular weight excluding hydrogens is 322 g/mol. The summed E-state index contributed by atoms with van der Waals surface area (Å²) in [6, 6.07) is 3.35. The number of esters is 1. The maximum atomic E-state index is 12.3. The van der Waals surface area contributed by atoms with E-state index in [0.717, 1.165) is 30.6 Å². The van der Waals surface area contributed by atoms with Gasteiger partial charge in [-0.3, -0.25) is 4.79 Å². The van der Waals surface area contributed by atoms with Gasteiger partial charge in [0.15, 0.2) is 0 Å². The lowest BCUT2D eigenvalue weighted by Gasteiger charge is -2.37. The third-order valence-corrected chi connectivity index (χ3v) is 6.38. The van der Waals surface area contributed by atoms with Crippen LogP contribution in [0.2, 0.25) is 5.15 Å². The van der Waals surface area contributed by atoms with Gasteiger partial charge in [-0.2, -0.15) is 0 Å². The van der Waals surface area contributed by atoms with Gasteiger partial charge < -0.3 is 4.74 Å². The average molecular weight is 350 g/mol. The zero-order valence-electron chi connectivity index (χ0n) is 14.5. The summed E-state index contributed by atoms with van der Waals surface area (Å²) in [5.41, 5.74) is 0. The standard InChI is InChI=1S/C20H28ClNO2/c1-2-14-3-5-15(6-4-14)16-7-9-17(10-8-16)20(23)24-18-11-12-19(21)22-13-18/h11-17H,2-10H2,1H3/t14-,15-,16-,17-. The number of halogens is 1. The summed E-state index contributed by atoms with van der Waals surface area (Å²) in [6.07, 6.45) is 12.8. The molecule has 1 aromatic rings. The van der Waals surface area contributed by atoms with Crippen LogP contribution in [0.3, 0.4) is 0 Å². The van der Waals surface area contributed by atoms with Gasteiger partial charge in [-0.15, -0.1) is 0 Å². The summed E-state index contributed by atoms with van der Waals surface area (Å²) in [7, 11) is 0. The van der Waals surface area contributed by atoms with Gasteiger partial charge in [0.1, 0.15) is 10.9 Å². The molecule has 0 aromatic carbocycles. The third kappa shape index (κ3) is 4.50. The van der Waals surface area contributed by atoms with Gasteiger partial charge in [0.25, 0.3) is 0 Å². The topological polar surface area (TPSA) is 39.2 Å². The summed E-state index contributed by atoms with van der Waals surface area (Å²) in [4.78, 5) is 16.3. The van der Waals surface area contributed by atoms with Gasteiger partial charge in [-0.1, -0.05) is 37.8 Å². The van der Waals surface area contributed by atoms with Crippen molar-refractivity contribution in [1.29, 1.82) is 0 Å². The maximum Gasteiger partial charge on any atom is 0.314 e. The van der Waals surface area contributed by atoms with Gasteiger partial charge >= 0.3 is 5.97 Å². The highest BCUT2D eigenvalue weighted by Crippen LogP contribution is 2.42. The second-order valence-corrected chi connectivity index (χ2v) is 7.93. The number of rotatable bonds is 4. The van der Waals surface area contributed by atoms with E-state index in [1.165, 1.54) is 51.1 Å². The summed E-state index contributed by atoms with van der Waals surface area (Å²) in [6.45, 7) is 2.32. The molecule has 132 valence electrons. The lowest BCUT2D eigenvalue weighted by Crippen LogP contribution is -2.30. The molecule has 0 spiro atoms. The van der Waals surface area contributed by atoms with E-state index in [9.17, 15) is 4.79 Å². The van der Waals surface area contributed by atoms with Crippen LogP contribution in [0.25, 0.3) is 0 Å². The Morgan fingerprint density at radius 1 is 1.08 bits per heavy atom. The minimum absolute atomic E-state index is 0.0453. The molecule has 2 saturated carbocycles. The van der Waals surface area contributed by atoms with Crippen molar-refractivity contribution in [2.45, 2.75) is 64.7 Å². The smallest absolute Gasteiger partial charge is 0.314 e. The van der Waals surface area contributed by atoms with Gasteiger partial charge in [-0.05, 0) is 68.4 Å². The zero-order valence-corrected chi connectivity index (χ0v) is 15.3.